The predicted molar refractivity (Wildman–Crippen MR) is 70.3 cm³/mol. The molecule has 0 bridgehead atoms. The molecule has 2 aromatic heterocycles. The van der Waals surface area contributed by atoms with E-state index in [0.29, 0.717) is 6.54 Å². The van der Waals surface area contributed by atoms with Crippen molar-refractivity contribution in [3.8, 4) is 0 Å². The van der Waals surface area contributed by atoms with E-state index in [2.05, 4.69) is 21.4 Å². The van der Waals surface area contributed by atoms with Crippen LogP contribution in [0.5, 0.6) is 0 Å². The van der Waals surface area contributed by atoms with Crippen molar-refractivity contribution in [3.63, 3.8) is 0 Å². The smallest absolute Gasteiger partial charge is 0.134 e. The van der Waals surface area contributed by atoms with Crippen LogP contribution in [0.4, 0.5) is 5.69 Å². The number of aryl methyl sites for hydroxylation is 1. The molecule has 18 heavy (non-hydrogen) atoms. The van der Waals surface area contributed by atoms with Gasteiger partial charge in [0.1, 0.15) is 17.7 Å². The molecule has 90 valence electrons. The van der Waals surface area contributed by atoms with Crippen LogP contribution >= 0.6 is 0 Å². The average molecular weight is 239 g/mol. The minimum absolute atomic E-state index is 0.705. The largest absolute Gasteiger partial charge is 0.461 e. The number of rotatable bonds is 3. The van der Waals surface area contributed by atoms with Crippen molar-refractivity contribution >= 4 is 16.7 Å². The van der Waals surface area contributed by atoms with E-state index in [1.807, 2.05) is 25.1 Å². The highest BCUT2D eigenvalue weighted by Gasteiger charge is 2.09. The molecule has 0 aliphatic heterocycles. The summed E-state index contributed by atoms with van der Waals surface area (Å²) in [5, 5.41) is 4.45. The summed E-state index contributed by atoms with van der Waals surface area (Å²) in [5.74, 6) is 0.945. The maximum absolute atomic E-state index is 5.72. The van der Waals surface area contributed by atoms with E-state index < -0.39 is 0 Å². The molecule has 0 fully saturated rings. The number of aromatic nitrogens is 2. The van der Waals surface area contributed by atoms with Crippen molar-refractivity contribution in [1.29, 1.82) is 0 Å². The highest BCUT2D eigenvalue weighted by Crippen LogP contribution is 2.25. The standard InChI is InChI=1S/C14H13N3O/c1-10-13(8-17-11-6-15-9-16-7-11)12-4-2-3-5-14(12)18-10/h2-7,9,17H,8H2,1H3. The molecule has 0 saturated carbocycles. The molecular weight excluding hydrogens is 226 g/mol. The van der Waals surface area contributed by atoms with E-state index in [9.17, 15) is 0 Å². The summed E-state index contributed by atoms with van der Waals surface area (Å²) in [7, 11) is 0. The number of hydrogen-bond donors (Lipinski definition) is 1. The predicted octanol–water partition coefficient (Wildman–Crippen LogP) is 3.14. The number of furan rings is 1. The van der Waals surface area contributed by atoms with Crippen molar-refractivity contribution in [2.45, 2.75) is 13.5 Å². The number of fused-ring (bicyclic) bond motifs is 1. The highest BCUT2D eigenvalue weighted by molar-refractivity contribution is 5.82. The maximum atomic E-state index is 5.72. The first kappa shape index (κ1) is 10.8. The molecule has 3 rings (SSSR count). The Labute approximate surface area is 105 Å². The van der Waals surface area contributed by atoms with E-state index in [4.69, 9.17) is 4.42 Å². The molecule has 0 aliphatic rings. The lowest BCUT2D eigenvalue weighted by molar-refractivity contribution is 0.573. The fraction of sp³-hybridized carbons (Fsp3) is 0.143. The van der Waals surface area contributed by atoms with E-state index in [1.54, 1.807) is 12.4 Å². The van der Waals surface area contributed by atoms with E-state index in [0.717, 1.165) is 22.4 Å². The van der Waals surface area contributed by atoms with Gasteiger partial charge in [-0.25, -0.2) is 9.97 Å². The molecule has 4 heteroatoms. The van der Waals surface area contributed by atoms with Gasteiger partial charge in [-0.1, -0.05) is 18.2 Å². The molecule has 0 radical (unpaired) electrons. The Morgan fingerprint density at radius 3 is 2.78 bits per heavy atom. The van der Waals surface area contributed by atoms with Crippen molar-refractivity contribution < 1.29 is 4.42 Å². The number of hydrogen-bond acceptors (Lipinski definition) is 4. The summed E-state index contributed by atoms with van der Waals surface area (Å²) in [4.78, 5) is 7.94. The number of benzene rings is 1. The molecule has 2 heterocycles. The molecule has 0 amide bonds. The van der Waals surface area contributed by atoms with Gasteiger partial charge in [0.2, 0.25) is 0 Å². The van der Waals surface area contributed by atoms with E-state index >= 15 is 0 Å². The van der Waals surface area contributed by atoms with Crippen LogP contribution in [-0.2, 0) is 6.54 Å². The minimum atomic E-state index is 0.705. The third-order valence-electron chi connectivity index (χ3n) is 2.93. The Morgan fingerprint density at radius 1 is 1.17 bits per heavy atom. The quantitative estimate of drug-likeness (QED) is 0.762. The Balaban J connectivity index is 1.89. The molecule has 0 spiro atoms. The zero-order valence-electron chi connectivity index (χ0n) is 10.1. The molecule has 3 aromatic rings. The van der Waals surface area contributed by atoms with Gasteiger partial charge in [0.15, 0.2) is 0 Å². The van der Waals surface area contributed by atoms with Gasteiger partial charge in [0, 0.05) is 17.5 Å². The summed E-state index contributed by atoms with van der Waals surface area (Å²) in [6, 6.07) is 8.06. The van der Waals surface area contributed by atoms with Crippen molar-refractivity contribution in [3.05, 3.63) is 54.3 Å². The summed E-state index contributed by atoms with van der Waals surface area (Å²) < 4.78 is 5.72. The third-order valence-corrected chi connectivity index (χ3v) is 2.93. The topological polar surface area (TPSA) is 51.0 Å². The first-order valence-corrected chi connectivity index (χ1v) is 5.80. The fourth-order valence-electron chi connectivity index (χ4n) is 2.02. The SMILES string of the molecule is Cc1oc2ccccc2c1CNc1cncnc1. The Hall–Kier alpha value is -2.36. The molecule has 0 aliphatic carbocycles. The van der Waals surface area contributed by atoms with E-state index in [-0.39, 0.29) is 0 Å². The summed E-state index contributed by atoms with van der Waals surface area (Å²) >= 11 is 0. The van der Waals surface area contributed by atoms with Gasteiger partial charge in [0.05, 0.1) is 18.1 Å². The monoisotopic (exact) mass is 239 g/mol. The number of nitrogens with one attached hydrogen (secondary N) is 1. The van der Waals surface area contributed by atoms with Gasteiger partial charge in [0.25, 0.3) is 0 Å². The molecule has 1 aromatic carbocycles. The zero-order chi connectivity index (χ0) is 12.4. The van der Waals surface area contributed by atoms with Crippen LogP contribution in [0.3, 0.4) is 0 Å². The van der Waals surface area contributed by atoms with Crippen molar-refractivity contribution in [2.75, 3.05) is 5.32 Å². The lowest BCUT2D eigenvalue weighted by Crippen LogP contribution is -2.00. The first-order valence-electron chi connectivity index (χ1n) is 5.80. The molecular formula is C14H13N3O. The minimum Gasteiger partial charge on any atom is -0.461 e. The molecule has 0 saturated heterocycles. The summed E-state index contributed by atoms with van der Waals surface area (Å²) in [5.41, 5.74) is 3.01. The van der Waals surface area contributed by atoms with E-state index in [1.165, 1.54) is 11.9 Å². The average Bonchev–Trinajstić information content (AvgIpc) is 2.73. The highest BCUT2D eigenvalue weighted by atomic mass is 16.3. The van der Waals surface area contributed by atoms with Gasteiger partial charge >= 0.3 is 0 Å². The van der Waals surface area contributed by atoms with Crippen LogP contribution in [0.2, 0.25) is 0 Å². The van der Waals surface area contributed by atoms with Gasteiger partial charge in [-0.15, -0.1) is 0 Å². The second-order valence-corrected chi connectivity index (χ2v) is 4.11. The van der Waals surface area contributed by atoms with Crippen LogP contribution < -0.4 is 5.32 Å². The lowest BCUT2D eigenvalue weighted by atomic mass is 10.1. The van der Waals surface area contributed by atoms with Crippen molar-refractivity contribution in [2.24, 2.45) is 0 Å². The fourth-order valence-corrected chi connectivity index (χ4v) is 2.02. The molecule has 0 unspecified atom stereocenters. The van der Waals surface area contributed by atoms with Crippen LogP contribution in [-0.4, -0.2) is 9.97 Å². The first-order chi connectivity index (χ1) is 8.84. The number of para-hydroxylation sites is 1. The Bertz CT molecular complexity index is 661. The molecule has 0 atom stereocenters. The van der Waals surface area contributed by atoms with Crippen LogP contribution in [0.1, 0.15) is 11.3 Å². The van der Waals surface area contributed by atoms with Gasteiger partial charge in [-0.2, -0.15) is 0 Å². The van der Waals surface area contributed by atoms with Gasteiger partial charge < -0.3 is 9.73 Å². The van der Waals surface area contributed by atoms with Gasteiger partial charge in [-0.05, 0) is 13.0 Å². The zero-order valence-corrected chi connectivity index (χ0v) is 10.1. The summed E-state index contributed by atoms with van der Waals surface area (Å²) in [6.07, 6.45) is 5.03. The Morgan fingerprint density at radius 2 is 1.94 bits per heavy atom. The van der Waals surface area contributed by atoms with Gasteiger partial charge in [-0.3, -0.25) is 0 Å². The normalized spacial score (nSPS) is 10.7. The molecule has 1 N–H and O–H groups in total. The van der Waals surface area contributed by atoms with Crippen LogP contribution in [0.15, 0.2) is 47.4 Å². The third kappa shape index (κ3) is 1.93. The lowest BCUT2D eigenvalue weighted by Gasteiger charge is -2.04. The second-order valence-electron chi connectivity index (χ2n) is 4.11. The number of anilines is 1. The Kier molecular flexibility index (Phi) is 2.68. The maximum Gasteiger partial charge on any atom is 0.134 e. The second kappa shape index (κ2) is 4.49. The van der Waals surface area contributed by atoms with Crippen LogP contribution in [0, 0.1) is 6.92 Å². The number of nitrogens with zero attached hydrogens (tertiary/aromatic N) is 2. The van der Waals surface area contributed by atoms with Crippen molar-refractivity contribution in [1.82, 2.24) is 9.97 Å². The van der Waals surface area contributed by atoms with Crippen LogP contribution in [0.25, 0.3) is 11.0 Å². The molecule has 4 nitrogen and oxygen atoms in total. The summed E-state index contributed by atoms with van der Waals surface area (Å²) in [6.45, 7) is 2.69.